The summed E-state index contributed by atoms with van der Waals surface area (Å²) in [5.41, 5.74) is 0.826. The molecule has 0 unspecified atom stereocenters. The quantitative estimate of drug-likeness (QED) is 0.257. The molecule has 0 bridgehead atoms. The van der Waals surface area contributed by atoms with Crippen molar-refractivity contribution in [3.8, 4) is 11.5 Å². The minimum absolute atomic E-state index is 0.0652. The molecule has 0 heterocycles. The molecule has 0 amide bonds. The second-order valence-corrected chi connectivity index (χ2v) is 7.58. The Morgan fingerprint density at radius 2 is 1.09 bits per heavy atom. The van der Waals surface area contributed by atoms with Crippen molar-refractivity contribution in [3.63, 3.8) is 0 Å². The molecule has 8 nitrogen and oxygen atoms in total. The van der Waals surface area contributed by atoms with Crippen LogP contribution in [-0.4, -0.2) is 34.1 Å². The van der Waals surface area contributed by atoms with Gasteiger partial charge in [0.15, 0.2) is 0 Å². The van der Waals surface area contributed by atoms with Crippen molar-refractivity contribution in [1.29, 1.82) is 0 Å². The molecule has 0 atom stereocenters. The van der Waals surface area contributed by atoms with Gasteiger partial charge >= 0.3 is 23.9 Å². The zero-order valence-electron chi connectivity index (χ0n) is 19.2. The Balaban J connectivity index is 2.20. The summed E-state index contributed by atoms with van der Waals surface area (Å²) in [5, 5.41) is 18.9. The first-order chi connectivity index (χ1) is 16.3. The van der Waals surface area contributed by atoms with Crippen molar-refractivity contribution in [2.45, 2.75) is 52.4 Å². The summed E-state index contributed by atoms with van der Waals surface area (Å²) < 4.78 is 10.5. The summed E-state index contributed by atoms with van der Waals surface area (Å²) in [6, 6.07) is 9.19. The Morgan fingerprint density at radius 3 is 1.41 bits per heavy atom. The number of para-hydroxylation sites is 2. The first-order valence-electron chi connectivity index (χ1n) is 11.1. The highest BCUT2D eigenvalue weighted by Crippen LogP contribution is 2.27. The van der Waals surface area contributed by atoms with E-state index in [1.165, 1.54) is 12.1 Å². The summed E-state index contributed by atoms with van der Waals surface area (Å²) in [6.45, 7) is 3.97. The first-order valence-corrected chi connectivity index (χ1v) is 11.1. The second-order valence-electron chi connectivity index (χ2n) is 7.58. The van der Waals surface area contributed by atoms with E-state index in [1.54, 1.807) is 24.3 Å². The lowest BCUT2D eigenvalue weighted by Gasteiger charge is -2.12. The van der Waals surface area contributed by atoms with E-state index < -0.39 is 23.9 Å². The molecule has 0 radical (unpaired) electrons. The fourth-order valence-electron chi connectivity index (χ4n) is 3.28. The maximum atomic E-state index is 12.3. The van der Waals surface area contributed by atoms with E-state index in [4.69, 9.17) is 9.47 Å². The number of esters is 2. The van der Waals surface area contributed by atoms with E-state index in [0.717, 1.165) is 37.8 Å². The van der Waals surface area contributed by atoms with E-state index in [-0.39, 0.29) is 22.6 Å². The first kappa shape index (κ1) is 26.3. The van der Waals surface area contributed by atoms with Crippen LogP contribution in [0.5, 0.6) is 11.5 Å². The van der Waals surface area contributed by atoms with Crippen LogP contribution in [0.3, 0.4) is 0 Å². The number of benzene rings is 2. The number of unbranched alkanes of at least 4 members (excludes halogenated alkanes) is 2. The Kier molecular flexibility index (Phi) is 10.0. The average Bonchev–Trinajstić information content (AvgIpc) is 2.80. The van der Waals surface area contributed by atoms with E-state index >= 15 is 0 Å². The van der Waals surface area contributed by atoms with Gasteiger partial charge < -0.3 is 19.7 Å². The molecule has 0 saturated heterocycles. The predicted octanol–water partition coefficient (Wildman–Crippen LogP) is 4.84. The molecule has 0 aliphatic carbocycles. The third-order valence-corrected chi connectivity index (χ3v) is 5.01. The summed E-state index contributed by atoms with van der Waals surface area (Å²) in [4.78, 5) is 47.8. The van der Waals surface area contributed by atoms with Crippen LogP contribution in [0.15, 0.2) is 48.6 Å². The van der Waals surface area contributed by atoms with Gasteiger partial charge in [-0.2, -0.15) is 0 Å². The van der Waals surface area contributed by atoms with Gasteiger partial charge in [-0.25, -0.2) is 19.2 Å². The predicted molar refractivity (Wildman–Crippen MR) is 124 cm³/mol. The van der Waals surface area contributed by atoms with Gasteiger partial charge in [0.2, 0.25) is 0 Å². The number of hydrogen-bond acceptors (Lipinski definition) is 6. The number of rotatable bonds is 12. The van der Waals surface area contributed by atoms with Gasteiger partial charge in [0.25, 0.3) is 0 Å². The maximum Gasteiger partial charge on any atom is 0.339 e. The molecular formula is C26H28O8. The number of aromatic carboxylic acids is 2. The average molecular weight is 469 g/mol. The molecule has 2 aromatic carbocycles. The van der Waals surface area contributed by atoms with Gasteiger partial charge in [-0.1, -0.05) is 51.0 Å². The van der Waals surface area contributed by atoms with Crippen molar-refractivity contribution >= 4 is 23.9 Å². The van der Waals surface area contributed by atoms with Gasteiger partial charge in [0, 0.05) is 12.2 Å². The van der Waals surface area contributed by atoms with Crippen LogP contribution >= 0.6 is 0 Å². The molecule has 0 aliphatic rings. The molecule has 34 heavy (non-hydrogen) atoms. The maximum absolute atomic E-state index is 12.3. The summed E-state index contributed by atoms with van der Waals surface area (Å²) in [6.07, 6.45) is 5.98. The van der Waals surface area contributed by atoms with E-state index in [2.05, 4.69) is 0 Å². The normalized spacial score (nSPS) is 10.8. The lowest BCUT2D eigenvalue weighted by molar-refractivity contribution is -0.131. The molecule has 2 N–H and O–H groups in total. The Hall–Kier alpha value is -3.94. The number of carbonyl (C=O) groups excluding carboxylic acids is 2. The number of carboxylic acids is 2. The van der Waals surface area contributed by atoms with Gasteiger partial charge in [-0.3, -0.25) is 0 Å². The number of aryl methyl sites for hydroxylation is 2. The van der Waals surface area contributed by atoms with Crippen molar-refractivity contribution in [3.05, 3.63) is 70.8 Å². The van der Waals surface area contributed by atoms with Crippen molar-refractivity contribution in [2.75, 3.05) is 0 Å². The Labute approximate surface area is 197 Å². The van der Waals surface area contributed by atoms with Gasteiger partial charge in [-0.15, -0.1) is 0 Å². The minimum atomic E-state index is -1.24. The summed E-state index contributed by atoms with van der Waals surface area (Å²) >= 11 is 0. The number of hydrogen-bond donors (Lipinski definition) is 2. The van der Waals surface area contributed by atoms with E-state index in [1.807, 2.05) is 13.8 Å². The summed E-state index contributed by atoms with van der Waals surface area (Å²) in [5.74, 6) is -4.53. The zero-order chi connectivity index (χ0) is 25.1. The topological polar surface area (TPSA) is 127 Å². The monoisotopic (exact) mass is 468 g/mol. The third kappa shape index (κ3) is 7.30. The highest BCUT2D eigenvalue weighted by Gasteiger charge is 2.19. The van der Waals surface area contributed by atoms with Gasteiger partial charge in [0.1, 0.15) is 22.6 Å². The van der Waals surface area contributed by atoms with Crippen molar-refractivity contribution in [1.82, 2.24) is 0 Å². The highest BCUT2D eigenvalue weighted by atomic mass is 16.5. The van der Waals surface area contributed by atoms with E-state index in [0.29, 0.717) is 24.0 Å². The SMILES string of the molecule is CCCCc1cccc(C(=O)O)c1OC(=O)/C=C\C(=O)Oc1c(CCCC)cccc1C(=O)O. The zero-order valence-corrected chi connectivity index (χ0v) is 19.2. The molecule has 0 aliphatic heterocycles. The second kappa shape index (κ2) is 12.9. The van der Waals surface area contributed by atoms with Crippen LogP contribution in [0, 0.1) is 0 Å². The lowest BCUT2D eigenvalue weighted by Crippen LogP contribution is -2.14. The molecule has 0 aromatic heterocycles. The molecule has 0 fully saturated rings. The molecule has 0 saturated carbocycles. The smallest absolute Gasteiger partial charge is 0.339 e. The number of carboxylic acid groups (broad SMARTS) is 2. The van der Waals surface area contributed by atoms with Gasteiger partial charge in [0.05, 0.1) is 0 Å². The standard InChI is InChI=1S/C26H28O8/c1-3-5-9-17-11-7-13-19(25(29)30)23(17)33-21(27)15-16-22(28)34-24-18(10-6-4-2)12-8-14-20(24)26(31)32/h7-8,11-16H,3-6,9-10H2,1-2H3,(H,29,30)(H,31,32)/b16-15-. The van der Waals surface area contributed by atoms with E-state index in [9.17, 15) is 29.4 Å². The van der Waals surface area contributed by atoms with Crippen LogP contribution in [0.2, 0.25) is 0 Å². The van der Waals surface area contributed by atoms with Crippen LogP contribution < -0.4 is 9.47 Å². The molecule has 8 heteroatoms. The summed E-state index contributed by atoms with van der Waals surface area (Å²) in [7, 11) is 0. The van der Waals surface area contributed by atoms with Crippen LogP contribution in [0.25, 0.3) is 0 Å². The third-order valence-electron chi connectivity index (χ3n) is 5.01. The molecular weight excluding hydrogens is 440 g/mol. The Bertz CT molecular complexity index is 999. The lowest BCUT2D eigenvalue weighted by atomic mass is 10.0. The fourth-order valence-corrected chi connectivity index (χ4v) is 3.28. The van der Waals surface area contributed by atoms with Crippen molar-refractivity contribution < 1.29 is 38.9 Å². The van der Waals surface area contributed by atoms with Crippen LogP contribution in [0.1, 0.15) is 71.4 Å². The van der Waals surface area contributed by atoms with Gasteiger partial charge in [-0.05, 0) is 48.9 Å². The fraction of sp³-hybridized carbons (Fsp3) is 0.308. The largest absolute Gasteiger partial charge is 0.478 e. The number of carbonyl (C=O) groups is 4. The molecule has 0 spiro atoms. The minimum Gasteiger partial charge on any atom is -0.478 e. The number of ether oxygens (including phenoxy) is 2. The molecule has 2 aromatic rings. The molecule has 180 valence electrons. The van der Waals surface area contributed by atoms with Crippen LogP contribution in [-0.2, 0) is 22.4 Å². The molecule has 2 rings (SSSR count). The van der Waals surface area contributed by atoms with Crippen LogP contribution in [0.4, 0.5) is 0 Å². The Morgan fingerprint density at radius 1 is 0.706 bits per heavy atom. The highest BCUT2D eigenvalue weighted by molar-refractivity contribution is 5.97. The van der Waals surface area contributed by atoms with Crippen molar-refractivity contribution in [2.24, 2.45) is 0 Å².